The van der Waals surface area contributed by atoms with Crippen molar-refractivity contribution in [2.24, 2.45) is 11.8 Å². The van der Waals surface area contributed by atoms with E-state index in [0.717, 1.165) is 23.7 Å². The van der Waals surface area contributed by atoms with Crippen LogP contribution >= 0.6 is 11.8 Å². The van der Waals surface area contributed by atoms with E-state index >= 15 is 0 Å². The highest BCUT2D eigenvalue weighted by Gasteiger charge is 2.40. The Morgan fingerprint density at radius 3 is 2.52 bits per heavy atom. The second kappa shape index (κ2) is 6.18. The Bertz CT molecular complexity index is 591. The Kier molecular flexibility index (Phi) is 4.47. The molecule has 4 nitrogen and oxygen atoms in total. The first-order valence-corrected chi connectivity index (χ1v) is 10.1. The molecular formula is C15H22N2O2S2. The van der Waals surface area contributed by atoms with Gasteiger partial charge in [-0.15, -0.1) is 11.8 Å². The van der Waals surface area contributed by atoms with Gasteiger partial charge in [-0.05, 0) is 36.8 Å². The topological polar surface area (TPSA) is 63.4 Å². The Hall–Kier alpha value is -0.720. The van der Waals surface area contributed by atoms with Crippen molar-refractivity contribution in [2.45, 2.75) is 24.2 Å². The first-order valence-electron chi connectivity index (χ1n) is 7.51. The quantitative estimate of drug-likeness (QED) is 0.667. The third-order valence-corrected chi connectivity index (χ3v) is 7.76. The molecule has 1 aromatic carbocycles. The molecule has 1 aliphatic carbocycles. The van der Waals surface area contributed by atoms with Gasteiger partial charge in [-0.1, -0.05) is 18.6 Å². The van der Waals surface area contributed by atoms with Crippen LogP contribution in [0.25, 0.3) is 0 Å². The number of fused-ring (bicyclic) bond motifs is 1. The lowest BCUT2D eigenvalue weighted by Gasteiger charge is -2.17. The van der Waals surface area contributed by atoms with Crippen LogP contribution in [0, 0.1) is 11.8 Å². The lowest BCUT2D eigenvalue weighted by Crippen LogP contribution is -2.32. The summed E-state index contributed by atoms with van der Waals surface area (Å²) in [7, 11) is -3.11. The molecule has 1 saturated heterocycles. The minimum atomic E-state index is -3.11. The molecule has 0 spiro atoms. The molecule has 21 heavy (non-hydrogen) atoms. The van der Waals surface area contributed by atoms with E-state index in [1.54, 1.807) is 4.31 Å². The lowest BCUT2D eigenvalue weighted by atomic mass is 10.0. The molecule has 1 heterocycles. The predicted octanol–water partition coefficient (Wildman–Crippen LogP) is 2.42. The maximum atomic E-state index is 12.4. The fourth-order valence-electron chi connectivity index (χ4n) is 3.42. The number of nitrogen functional groups attached to an aromatic ring is 1. The first-order chi connectivity index (χ1) is 10.1. The normalized spacial score (nSPS) is 26.1. The van der Waals surface area contributed by atoms with Gasteiger partial charge in [0.1, 0.15) is 0 Å². The molecule has 6 heteroatoms. The summed E-state index contributed by atoms with van der Waals surface area (Å²) in [5.74, 6) is 1.97. The van der Waals surface area contributed by atoms with E-state index in [2.05, 4.69) is 0 Å². The summed E-state index contributed by atoms with van der Waals surface area (Å²) in [6.45, 7) is 1.48. The third kappa shape index (κ3) is 3.38. The number of sulfonamides is 1. The molecule has 1 aliphatic heterocycles. The Morgan fingerprint density at radius 2 is 1.86 bits per heavy atom. The zero-order chi connectivity index (χ0) is 14.9. The summed E-state index contributed by atoms with van der Waals surface area (Å²) >= 11 is 1.52. The number of thioether (sulfide) groups is 1. The van der Waals surface area contributed by atoms with Gasteiger partial charge >= 0.3 is 0 Å². The van der Waals surface area contributed by atoms with Crippen LogP contribution in [0.5, 0.6) is 0 Å². The Labute approximate surface area is 131 Å². The van der Waals surface area contributed by atoms with Crippen molar-refractivity contribution >= 4 is 27.5 Å². The van der Waals surface area contributed by atoms with Gasteiger partial charge in [-0.25, -0.2) is 12.7 Å². The summed E-state index contributed by atoms with van der Waals surface area (Å²) in [6, 6.07) is 7.60. The molecular weight excluding hydrogens is 304 g/mol. The van der Waals surface area contributed by atoms with Crippen molar-refractivity contribution in [3.8, 4) is 0 Å². The zero-order valence-electron chi connectivity index (χ0n) is 12.1. The van der Waals surface area contributed by atoms with Crippen LogP contribution in [0.15, 0.2) is 29.2 Å². The third-order valence-electron chi connectivity index (χ3n) is 4.60. The number of hydrogen-bond acceptors (Lipinski definition) is 4. The van der Waals surface area contributed by atoms with E-state index < -0.39 is 10.0 Å². The van der Waals surface area contributed by atoms with Crippen molar-refractivity contribution in [3.05, 3.63) is 24.3 Å². The molecule has 116 valence electrons. The fourth-order valence-corrected chi connectivity index (χ4v) is 6.32. The molecule has 2 atom stereocenters. The minimum Gasteiger partial charge on any atom is -0.398 e. The minimum absolute atomic E-state index is 0.200. The van der Waals surface area contributed by atoms with E-state index in [1.807, 2.05) is 24.3 Å². The molecule has 0 bridgehead atoms. The number of nitrogens with zero attached hydrogens (tertiary/aromatic N) is 1. The zero-order valence-corrected chi connectivity index (χ0v) is 13.7. The predicted molar refractivity (Wildman–Crippen MR) is 87.8 cm³/mol. The van der Waals surface area contributed by atoms with E-state index in [0.29, 0.717) is 17.6 Å². The molecule has 0 amide bonds. The van der Waals surface area contributed by atoms with Gasteiger partial charge in [0, 0.05) is 29.4 Å². The van der Waals surface area contributed by atoms with E-state index in [9.17, 15) is 8.42 Å². The second-order valence-electron chi connectivity index (χ2n) is 5.97. The highest BCUT2D eigenvalue weighted by atomic mass is 32.2. The molecule has 2 unspecified atom stereocenters. The molecule has 3 rings (SSSR count). The number of nitrogens with two attached hydrogens (primary N) is 1. The average Bonchev–Trinajstić information content (AvgIpc) is 3.02. The maximum Gasteiger partial charge on any atom is 0.214 e. The smallest absolute Gasteiger partial charge is 0.214 e. The molecule has 0 radical (unpaired) electrons. The van der Waals surface area contributed by atoms with Crippen LogP contribution in [-0.4, -0.2) is 37.3 Å². The van der Waals surface area contributed by atoms with Gasteiger partial charge in [-0.3, -0.25) is 0 Å². The first kappa shape index (κ1) is 15.2. The number of rotatable bonds is 5. The average molecular weight is 326 g/mol. The van der Waals surface area contributed by atoms with Crippen LogP contribution in [0.1, 0.15) is 19.3 Å². The van der Waals surface area contributed by atoms with Gasteiger partial charge < -0.3 is 5.73 Å². The highest BCUT2D eigenvalue weighted by Crippen LogP contribution is 2.38. The standard InChI is InChI=1S/C15H22N2O2S2/c16-14-6-1-2-7-15(14)20-8-9-21(18,19)17-10-12-4-3-5-13(12)11-17/h1-2,6-7,12-13H,3-5,8-11,16H2. The summed E-state index contributed by atoms with van der Waals surface area (Å²) in [5.41, 5.74) is 6.59. The highest BCUT2D eigenvalue weighted by molar-refractivity contribution is 8.00. The van der Waals surface area contributed by atoms with Crippen LogP contribution in [0.4, 0.5) is 5.69 Å². The monoisotopic (exact) mass is 326 g/mol. The number of benzene rings is 1. The van der Waals surface area contributed by atoms with Gasteiger partial charge in [0.2, 0.25) is 10.0 Å². The number of anilines is 1. The maximum absolute atomic E-state index is 12.4. The van der Waals surface area contributed by atoms with E-state index in [1.165, 1.54) is 31.0 Å². The van der Waals surface area contributed by atoms with Crippen LogP contribution < -0.4 is 5.73 Å². The summed E-state index contributed by atoms with van der Waals surface area (Å²) in [4.78, 5) is 0.964. The van der Waals surface area contributed by atoms with E-state index in [4.69, 9.17) is 5.73 Å². The van der Waals surface area contributed by atoms with E-state index in [-0.39, 0.29) is 5.75 Å². The summed E-state index contributed by atoms with van der Waals surface area (Å²) in [5, 5.41) is 0. The molecule has 0 aromatic heterocycles. The second-order valence-corrected chi connectivity index (χ2v) is 9.20. The largest absolute Gasteiger partial charge is 0.398 e. The lowest BCUT2D eigenvalue weighted by molar-refractivity contribution is 0.446. The van der Waals surface area contributed by atoms with Crippen LogP contribution in [0.3, 0.4) is 0 Å². The molecule has 1 saturated carbocycles. The Morgan fingerprint density at radius 1 is 1.19 bits per heavy atom. The Balaban J connectivity index is 1.54. The summed E-state index contributed by atoms with van der Waals surface area (Å²) < 4.78 is 26.6. The van der Waals surface area contributed by atoms with Crippen LogP contribution in [0.2, 0.25) is 0 Å². The van der Waals surface area contributed by atoms with Crippen molar-refractivity contribution in [1.82, 2.24) is 4.31 Å². The molecule has 1 aromatic rings. The van der Waals surface area contributed by atoms with Crippen molar-refractivity contribution < 1.29 is 8.42 Å². The van der Waals surface area contributed by atoms with Crippen LogP contribution in [-0.2, 0) is 10.0 Å². The molecule has 2 aliphatic rings. The van der Waals surface area contributed by atoms with Crippen molar-refractivity contribution in [3.63, 3.8) is 0 Å². The fraction of sp³-hybridized carbons (Fsp3) is 0.600. The van der Waals surface area contributed by atoms with Crippen molar-refractivity contribution in [1.29, 1.82) is 0 Å². The summed E-state index contributed by atoms with van der Waals surface area (Å²) in [6.07, 6.45) is 3.67. The van der Waals surface area contributed by atoms with Gasteiger partial charge in [0.25, 0.3) is 0 Å². The molecule has 2 fully saturated rings. The molecule has 2 N–H and O–H groups in total. The SMILES string of the molecule is Nc1ccccc1SCCS(=O)(=O)N1CC2CCCC2C1. The van der Waals surface area contributed by atoms with Gasteiger partial charge in [-0.2, -0.15) is 0 Å². The van der Waals surface area contributed by atoms with Gasteiger partial charge in [0.05, 0.1) is 5.75 Å². The van der Waals surface area contributed by atoms with Crippen molar-refractivity contribution in [2.75, 3.05) is 30.3 Å². The number of para-hydroxylation sites is 1. The number of hydrogen-bond donors (Lipinski definition) is 1. The van der Waals surface area contributed by atoms with Gasteiger partial charge in [0.15, 0.2) is 0 Å².